The molecule has 1 aromatic rings. The predicted molar refractivity (Wildman–Crippen MR) is 73.8 cm³/mol. The van der Waals surface area contributed by atoms with Gasteiger partial charge in [-0.25, -0.2) is 0 Å². The molecule has 0 aliphatic heterocycles. The SMILES string of the molecule is CC=CC1=Cc2ccccc2[CH]1[Zr+2][C]1=CC=CC1.[Cl-].[Cl-]. The molecule has 0 radical (unpaired) electrons. The minimum Gasteiger partial charge on any atom is -1.00 e. The van der Waals surface area contributed by atoms with E-state index in [-0.39, 0.29) is 24.8 Å². The molecular weight excluding hydrogens is 366 g/mol. The van der Waals surface area contributed by atoms with Gasteiger partial charge in [-0.1, -0.05) is 0 Å². The summed E-state index contributed by atoms with van der Waals surface area (Å²) in [6.07, 6.45) is 14.9. The number of hydrogen-bond donors (Lipinski definition) is 0. The number of rotatable bonds is 3. The van der Waals surface area contributed by atoms with E-state index in [0.717, 1.165) is 0 Å². The van der Waals surface area contributed by atoms with Crippen LogP contribution in [0.2, 0.25) is 0 Å². The van der Waals surface area contributed by atoms with Gasteiger partial charge in [-0.15, -0.1) is 0 Å². The summed E-state index contributed by atoms with van der Waals surface area (Å²) in [6.45, 7) is 2.11. The van der Waals surface area contributed by atoms with Gasteiger partial charge in [0.25, 0.3) is 0 Å². The third-order valence-corrected chi connectivity index (χ3v) is 7.54. The number of fused-ring (bicyclic) bond motifs is 1. The van der Waals surface area contributed by atoms with Crippen molar-refractivity contribution in [2.75, 3.05) is 0 Å². The van der Waals surface area contributed by atoms with Crippen molar-refractivity contribution in [2.45, 2.75) is 17.0 Å². The van der Waals surface area contributed by atoms with E-state index >= 15 is 0 Å². The summed E-state index contributed by atoms with van der Waals surface area (Å²) in [7, 11) is 0. The van der Waals surface area contributed by atoms with Crippen molar-refractivity contribution in [3.05, 3.63) is 74.6 Å². The zero-order chi connectivity index (χ0) is 12.4. The van der Waals surface area contributed by atoms with Crippen molar-refractivity contribution < 1.29 is 48.0 Å². The average Bonchev–Trinajstić information content (AvgIpc) is 3.00. The normalized spacial score (nSPS) is 18.8. The summed E-state index contributed by atoms with van der Waals surface area (Å²) in [5, 5.41) is 0. The first-order chi connectivity index (χ1) is 8.88. The van der Waals surface area contributed by atoms with Crippen LogP contribution in [-0.2, 0) is 23.2 Å². The van der Waals surface area contributed by atoms with Crippen molar-refractivity contribution in [3.63, 3.8) is 0 Å². The molecule has 0 N–H and O–H groups in total. The third-order valence-electron chi connectivity index (χ3n) is 3.42. The van der Waals surface area contributed by atoms with E-state index in [9.17, 15) is 0 Å². The fraction of sp³-hybridized carbons (Fsp3) is 0.176. The van der Waals surface area contributed by atoms with Gasteiger partial charge in [0.05, 0.1) is 0 Å². The summed E-state index contributed by atoms with van der Waals surface area (Å²) in [5.41, 5.74) is 4.52. The zero-order valence-electron chi connectivity index (χ0n) is 11.3. The molecule has 0 spiro atoms. The van der Waals surface area contributed by atoms with E-state index in [2.05, 4.69) is 67.6 Å². The van der Waals surface area contributed by atoms with Gasteiger partial charge in [0, 0.05) is 0 Å². The molecule has 0 nitrogen and oxygen atoms in total. The van der Waals surface area contributed by atoms with Gasteiger partial charge >= 0.3 is 121 Å². The van der Waals surface area contributed by atoms with Crippen molar-refractivity contribution in [1.82, 2.24) is 0 Å². The van der Waals surface area contributed by atoms with Gasteiger partial charge in [0.1, 0.15) is 0 Å². The van der Waals surface area contributed by atoms with Crippen molar-refractivity contribution in [2.24, 2.45) is 0 Å². The Morgan fingerprint density at radius 3 is 2.70 bits per heavy atom. The Labute approximate surface area is 145 Å². The fourth-order valence-corrected chi connectivity index (χ4v) is 6.43. The number of benzene rings is 1. The monoisotopic (exact) mass is 380 g/mol. The number of halogens is 2. The molecule has 0 aromatic heterocycles. The van der Waals surface area contributed by atoms with Gasteiger partial charge in [0.15, 0.2) is 0 Å². The largest absolute Gasteiger partial charge is 1.00 e. The summed E-state index contributed by atoms with van der Waals surface area (Å²) in [6, 6.07) is 8.89. The first kappa shape index (κ1) is 17.7. The van der Waals surface area contributed by atoms with Crippen LogP contribution in [0.5, 0.6) is 0 Å². The van der Waals surface area contributed by atoms with Gasteiger partial charge in [-0.2, -0.15) is 0 Å². The number of allylic oxidation sites excluding steroid dienone is 7. The molecule has 1 aromatic carbocycles. The molecule has 1 atom stereocenters. The van der Waals surface area contributed by atoms with E-state index in [1.807, 2.05) is 0 Å². The fourth-order valence-electron chi connectivity index (χ4n) is 2.59. The van der Waals surface area contributed by atoms with Gasteiger partial charge in [-0.3, -0.25) is 0 Å². The zero-order valence-corrected chi connectivity index (χ0v) is 15.3. The maximum absolute atomic E-state index is 2.38. The van der Waals surface area contributed by atoms with E-state index in [0.29, 0.717) is 3.63 Å². The molecule has 0 saturated carbocycles. The van der Waals surface area contributed by atoms with E-state index < -0.39 is 23.2 Å². The van der Waals surface area contributed by atoms with E-state index in [4.69, 9.17) is 0 Å². The van der Waals surface area contributed by atoms with Crippen LogP contribution < -0.4 is 24.8 Å². The minimum absolute atomic E-state index is 0. The van der Waals surface area contributed by atoms with Crippen LogP contribution in [0, 0.1) is 0 Å². The van der Waals surface area contributed by atoms with Crippen molar-refractivity contribution in [1.29, 1.82) is 0 Å². The maximum Gasteiger partial charge on any atom is -1.00 e. The summed E-state index contributed by atoms with van der Waals surface area (Å²) >= 11 is -0.544. The molecule has 1 unspecified atom stereocenters. The molecule has 20 heavy (non-hydrogen) atoms. The Kier molecular flexibility index (Phi) is 7.23. The van der Waals surface area contributed by atoms with Crippen LogP contribution in [-0.4, -0.2) is 0 Å². The van der Waals surface area contributed by atoms with Crippen molar-refractivity contribution in [3.8, 4) is 0 Å². The Balaban J connectivity index is 0.000001000. The summed E-state index contributed by atoms with van der Waals surface area (Å²) in [4.78, 5) is 0. The minimum atomic E-state index is -0.544. The van der Waals surface area contributed by atoms with Gasteiger partial charge in [-0.05, 0) is 0 Å². The predicted octanol–water partition coefficient (Wildman–Crippen LogP) is -1.36. The van der Waals surface area contributed by atoms with Crippen LogP contribution in [0.25, 0.3) is 6.08 Å². The topological polar surface area (TPSA) is 0 Å². The maximum atomic E-state index is 2.38. The molecule has 0 fully saturated rings. The van der Waals surface area contributed by atoms with Crippen molar-refractivity contribution >= 4 is 6.08 Å². The molecule has 0 amide bonds. The standard InChI is InChI=1S/C12H11.C5H5.2ClH.Zr/c1-2-5-10-8-11-6-3-4-7-12(11)9-10;1-2-4-5-3-1;;;/h2-9H,1H3;1-3H,4H2;2*1H;/q;;;;+2/p-2. The third kappa shape index (κ3) is 3.64. The second-order valence-corrected chi connectivity index (χ2v) is 8.38. The molecule has 102 valence electrons. The first-order valence-corrected chi connectivity index (χ1v) is 9.09. The van der Waals surface area contributed by atoms with E-state index in [1.165, 1.54) is 17.6 Å². The Bertz CT molecular complexity index is 582. The van der Waals surface area contributed by atoms with Crippen LogP contribution in [0.4, 0.5) is 0 Å². The average molecular weight is 382 g/mol. The molecule has 2 aliphatic carbocycles. The second-order valence-electron chi connectivity index (χ2n) is 4.67. The van der Waals surface area contributed by atoms with E-state index in [1.54, 1.807) is 8.84 Å². The molecule has 3 rings (SSSR count). The molecule has 3 heteroatoms. The Hall–Kier alpha value is -0.357. The van der Waals surface area contributed by atoms with Gasteiger partial charge < -0.3 is 24.8 Å². The molecule has 0 saturated heterocycles. The Morgan fingerprint density at radius 1 is 1.20 bits per heavy atom. The van der Waals surface area contributed by atoms with Crippen LogP contribution in [0.3, 0.4) is 0 Å². The molecular formula is C17H16Cl2Zr. The second kappa shape index (κ2) is 8.18. The van der Waals surface area contributed by atoms with Gasteiger partial charge in [0.2, 0.25) is 0 Å². The summed E-state index contributed by atoms with van der Waals surface area (Å²) < 4.78 is 2.43. The quantitative estimate of drug-likeness (QED) is 0.606. The van der Waals surface area contributed by atoms with Crippen LogP contribution >= 0.6 is 0 Å². The first-order valence-electron chi connectivity index (χ1n) is 6.44. The molecule has 0 bridgehead atoms. The molecule has 0 heterocycles. The summed E-state index contributed by atoms with van der Waals surface area (Å²) in [5.74, 6) is 0. The van der Waals surface area contributed by atoms with Crippen LogP contribution in [0.15, 0.2) is 63.5 Å². The van der Waals surface area contributed by atoms with Crippen LogP contribution in [0.1, 0.15) is 28.1 Å². The smallest absolute Gasteiger partial charge is 1.00 e. The molecule has 2 aliphatic rings. The number of hydrogen-bond acceptors (Lipinski definition) is 0. The Morgan fingerprint density at radius 2 is 2.00 bits per heavy atom.